The van der Waals surface area contributed by atoms with Crippen molar-refractivity contribution in [3.63, 3.8) is 0 Å². The Bertz CT molecular complexity index is 3630. The van der Waals surface area contributed by atoms with E-state index in [-0.39, 0.29) is 0 Å². The van der Waals surface area contributed by atoms with Crippen LogP contribution in [0.25, 0.3) is 54.6 Å². The molecule has 318 valence electrons. The normalized spacial score (nSPS) is 12.9. The molecule has 2 aliphatic rings. The second-order valence-corrected chi connectivity index (χ2v) is 18.8. The van der Waals surface area contributed by atoms with Gasteiger partial charge in [0.1, 0.15) is 0 Å². The molecule has 2 nitrogen and oxygen atoms in total. The van der Waals surface area contributed by atoms with Crippen molar-refractivity contribution < 1.29 is 0 Å². The third-order valence-electron chi connectivity index (χ3n) is 14.7. The summed E-state index contributed by atoms with van der Waals surface area (Å²) in [5.41, 5.74) is 21.9. The number of aryl methyl sites for hydroxylation is 4. The third-order valence-corrected chi connectivity index (χ3v) is 14.7. The summed E-state index contributed by atoms with van der Waals surface area (Å²) in [4.78, 5) is 4.80. The first-order valence-electron chi connectivity index (χ1n) is 23.5. The largest absolute Gasteiger partial charge is 0.310 e. The minimum atomic E-state index is -0.562. The molecule has 11 aromatic rings. The molecule has 0 N–H and O–H groups in total. The van der Waals surface area contributed by atoms with Crippen molar-refractivity contribution in [3.05, 3.63) is 263 Å². The Balaban J connectivity index is 1.11. The summed E-state index contributed by atoms with van der Waals surface area (Å²) in [5, 5.41) is 7.52. The summed E-state index contributed by atoms with van der Waals surface area (Å²) in [6, 6.07) is 82.5. The van der Waals surface area contributed by atoms with Gasteiger partial charge in [-0.1, -0.05) is 156 Å². The molecule has 0 bridgehead atoms. The van der Waals surface area contributed by atoms with E-state index in [1.165, 1.54) is 99.1 Å². The minimum Gasteiger partial charge on any atom is -0.310 e. The van der Waals surface area contributed by atoms with E-state index in [0.29, 0.717) is 0 Å². The molecule has 2 aliphatic carbocycles. The number of fused-ring (bicyclic) bond motifs is 16. The van der Waals surface area contributed by atoms with Gasteiger partial charge in [0, 0.05) is 34.1 Å². The molecule has 13 rings (SSSR count). The number of hydrogen-bond donors (Lipinski definition) is 0. The maximum absolute atomic E-state index is 2.54. The quantitative estimate of drug-likeness (QED) is 0.154. The standard InChI is InChI=1S/C65H48N2/c1-41-17-26-47(27-18-41)66(48-28-19-42(2)20-29-48)51-34-25-45-38-59-62(39-46(45)37-51)65(60-15-9-7-12-54(60)55-13-8-10-16-61(55)65)64-57-36-35-52(40-58(57)53-11-5-6-14-56(53)63(59)64)67(49-30-21-43(3)22-31-49)50-32-23-44(4)24-33-50/h5-40H,1-4H3. The van der Waals surface area contributed by atoms with Crippen LogP contribution in [0, 0.1) is 27.7 Å². The first-order chi connectivity index (χ1) is 32.8. The average Bonchev–Trinajstić information content (AvgIpc) is 3.83. The second-order valence-electron chi connectivity index (χ2n) is 18.8. The Morgan fingerprint density at radius 1 is 0.284 bits per heavy atom. The van der Waals surface area contributed by atoms with Crippen molar-refractivity contribution in [2.24, 2.45) is 0 Å². The zero-order chi connectivity index (χ0) is 45.0. The van der Waals surface area contributed by atoms with Crippen molar-refractivity contribution in [1.29, 1.82) is 0 Å². The Labute approximate surface area is 392 Å². The maximum atomic E-state index is 2.54. The summed E-state index contributed by atoms with van der Waals surface area (Å²) in [6.45, 7) is 8.62. The molecule has 0 unspecified atom stereocenters. The number of nitrogens with zero attached hydrogens (tertiary/aromatic N) is 2. The fourth-order valence-corrected chi connectivity index (χ4v) is 11.5. The summed E-state index contributed by atoms with van der Waals surface area (Å²) in [6.07, 6.45) is 0. The highest BCUT2D eigenvalue weighted by atomic mass is 15.1. The van der Waals surface area contributed by atoms with Gasteiger partial charge in [0.25, 0.3) is 0 Å². The average molecular weight is 857 g/mol. The fourth-order valence-electron chi connectivity index (χ4n) is 11.5. The molecule has 0 saturated carbocycles. The van der Waals surface area contributed by atoms with Gasteiger partial charge in [0.05, 0.1) is 5.41 Å². The van der Waals surface area contributed by atoms with Crippen molar-refractivity contribution in [2.45, 2.75) is 33.1 Å². The number of anilines is 6. The molecule has 67 heavy (non-hydrogen) atoms. The van der Waals surface area contributed by atoms with Gasteiger partial charge in [-0.2, -0.15) is 0 Å². The molecule has 2 heteroatoms. The zero-order valence-corrected chi connectivity index (χ0v) is 38.2. The molecule has 11 aromatic carbocycles. The van der Waals surface area contributed by atoms with Crippen molar-refractivity contribution in [1.82, 2.24) is 0 Å². The number of rotatable bonds is 6. The Hall–Kier alpha value is -8.20. The van der Waals surface area contributed by atoms with E-state index in [9.17, 15) is 0 Å². The van der Waals surface area contributed by atoms with Gasteiger partial charge >= 0.3 is 0 Å². The molecular formula is C65H48N2. The summed E-state index contributed by atoms with van der Waals surface area (Å²) >= 11 is 0. The van der Waals surface area contributed by atoms with Crippen molar-refractivity contribution in [2.75, 3.05) is 9.80 Å². The van der Waals surface area contributed by atoms with Gasteiger partial charge in [-0.15, -0.1) is 0 Å². The van der Waals surface area contributed by atoms with Crippen LogP contribution < -0.4 is 9.80 Å². The Morgan fingerprint density at radius 3 is 1.24 bits per heavy atom. The van der Waals surface area contributed by atoms with Crippen LogP contribution >= 0.6 is 0 Å². The van der Waals surface area contributed by atoms with Crippen LogP contribution in [0.4, 0.5) is 34.1 Å². The lowest BCUT2D eigenvalue weighted by Crippen LogP contribution is -2.26. The van der Waals surface area contributed by atoms with Crippen LogP contribution in [0.2, 0.25) is 0 Å². The minimum absolute atomic E-state index is 0.562. The summed E-state index contributed by atoms with van der Waals surface area (Å²) in [7, 11) is 0. The zero-order valence-electron chi connectivity index (χ0n) is 38.2. The van der Waals surface area contributed by atoms with Crippen LogP contribution in [0.3, 0.4) is 0 Å². The van der Waals surface area contributed by atoms with E-state index in [2.05, 4.69) is 256 Å². The van der Waals surface area contributed by atoms with Gasteiger partial charge < -0.3 is 9.80 Å². The smallest absolute Gasteiger partial charge is 0.0731 e. The van der Waals surface area contributed by atoms with Crippen LogP contribution in [-0.2, 0) is 5.41 Å². The second kappa shape index (κ2) is 14.9. The highest BCUT2D eigenvalue weighted by Crippen LogP contribution is 2.66. The van der Waals surface area contributed by atoms with E-state index < -0.39 is 5.41 Å². The third kappa shape index (κ3) is 5.89. The van der Waals surface area contributed by atoms with Crippen LogP contribution in [0.1, 0.15) is 44.5 Å². The first kappa shape index (κ1) is 39.2. The predicted molar refractivity (Wildman–Crippen MR) is 284 cm³/mol. The molecule has 0 fully saturated rings. The highest BCUT2D eigenvalue weighted by molar-refractivity contribution is 6.21. The van der Waals surface area contributed by atoms with Gasteiger partial charge in [0.15, 0.2) is 0 Å². The van der Waals surface area contributed by atoms with Crippen LogP contribution in [-0.4, -0.2) is 0 Å². The lowest BCUT2D eigenvalue weighted by atomic mass is 9.69. The number of hydrogen-bond acceptors (Lipinski definition) is 2. The summed E-state index contributed by atoms with van der Waals surface area (Å²) < 4.78 is 0. The van der Waals surface area contributed by atoms with Crippen molar-refractivity contribution in [3.8, 4) is 22.3 Å². The Kier molecular flexibility index (Phi) is 8.73. The molecule has 0 saturated heterocycles. The summed E-state index contributed by atoms with van der Waals surface area (Å²) in [5.74, 6) is 0. The Morgan fingerprint density at radius 2 is 0.716 bits per heavy atom. The first-order valence-corrected chi connectivity index (χ1v) is 23.5. The lowest BCUT2D eigenvalue weighted by molar-refractivity contribution is 0.803. The fraction of sp³-hybridized carbons (Fsp3) is 0.0769. The van der Waals surface area contributed by atoms with Crippen LogP contribution in [0.15, 0.2) is 218 Å². The molecule has 0 atom stereocenters. The molecule has 0 aliphatic heterocycles. The lowest BCUT2D eigenvalue weighted by Gasteiger charge is -2.32. The van der Waals surface area contributed by atoms with Crippen molar-refractivity contribution >= 4 is 66.4 Å². The van der Waals surface area contributed by atoms with E-state index in [1.807, 2.05) is 0 Å². The molecule has 0 amide bonds. The molecule has 1 spiro atoms. The van der Waals surface area contributed by atoms with E-state index >= 15 is 0 Å². The van der Waals surface area contributed by atoms with Gasteiger partial charge in [-0.25, -0.2) is 0 Å². The van der Waals surface area contributed by atoms with E-state index in [1.54, 1.807) is 0 Å². The molecular weight excluding hydrogens is 809 g/mol. The predicted octanol–water partition coefficient (Wildman–Crippen LogP) is 17.7. The van der Waals surface area contributed by atoms with Gasteiger partial charge in [-0.3, -0.25) is 0 Å². The SMILES string of the molecule is Cc1ccc(N(c2ccc(C)cc2)c2ccc3cc4c(cc3c2)C2(c3ccccc3-c3ccccc32)c2c-4c3ccccc3c3cc(N(c4ccc(C)cc4)c4ccc(C)cc4)ccc23)cc1. The number of benzene rings is 11. The van der Waals surface area contributed by atoms with Gasteiger partial charge in [-0.05, 0) is 189 Å². The molecule has 0 heterocycles. The maximum Gasteiger partial charge on any atom is 0.0731 e. The molecule has 0 radical (unpaired) electrons. The van der Waals surface area contributed by atoms with E-state index in [0.717, 1.165) is 34.1 Å². The topological polar surface area (TPSA) is 6.48 Å². The van der Waals surface area contributed by atoms with E-state index in [4.69, 9.17) is 0 Å². The highest BCUT2D eigenvalue weighted by Gasteiger charge is 2.53. The van der Waals surface area contributed by atoms with Gasteiger partial charge in [0.2, 0.25) is 0 Å². The van der Waals surface area contributed by atoms with Crippen LogP contribution in [0.5, 0.6) is 0 Å². The molecule has 0 aromatic heterocycles. The monoisotopic (exact) mass is 856 g/mol.